The van der Waals surface area contributed by atoms with Crippen molar-refractivity contribution in [3.8, 4) is 0 Å². The molecule has 3 nitrogen and oxygen atoms in total. The number of carbonyl (C=O) groups is 1. The molecule has 0 spiro atoms. The first-order chi connectivity index (χ1) is 9.19. The van der Waals surface area contributed by atoms with Gasteiger partial charge in [-0.15, -0.1) is 0 Å². The van der Waals surface area contributed by atoms with Crippen LogP contribution in [0.5, 0.6) is 0 Å². The van der Waals surface area contributed by atoms with Gasteiger partial charge in [-0.2, -0.15) is 0 Å². The van der Waals surface area contributed by atoms with Gasteiger partial charge in [0.2, 0.25) is 0 Å². The molecule has 19 heavy (non-hydrogen) atoms. The lowest BCUT2D eigenvalue weighted by Crippen LogP contribution is -2.03. The fourth-order valence-corrected chi connectivity index (χ4v) is 2.08. The van der Waals surface area contributed by atoms with E-state index in [9.17, 15) is 4.79 Å². The zero-order valence-electron chi connectivity index (χ0n) is 10.5. The molecule has 0 aromatic heterocycles. The molecule has 0 radical (unpaired) electrons. The minimum Gasteiger partial charge on any atom is -0.465 e. The Labute approximate surface area is 120 Å². The van der Waals surface area contributed by atoms with Crippen molar-refractivity contribution in [1.29, 1.82) is 0 Å². The molecule has 0 saturated heterocycles. The minimum absolute atomic E-state index is 0.313. The van der Waals surface area contributed by atoms with E-state index in [1.807, 2.05) is 36.4 Å². The Balaban J connectivity index is 1.98. The maximum absolute atomic E-state index is 11.3. The van der Waals surface area contributed by atoms with Crippen LogP contribution >= 0.6 is 15.9 Å². The Bertz CT molecular complexity index is 567. The van der Waals surface area contributed by atoms with Crippen LogP contribution in [0.25, 0.3) is 0 Å². The number of nitrogens with one attached hydrogen (secondary N) is 1. The first-order valence-electron chi connectivity index (χ1n) is 5.86. The van der Waals surface area contributed by atoms with Crippen molar-refractivity contribution in [2.75, 3.05) is 12.4 Å². The summed E-state index contributed by atoms with van der Waals surface area (Å²) in [4.78, 5) is 11.3. The van der Waals surface area contributed by atoms with Crippen LogP contribution in [0, 0.1) is 0 Å². The van der Waals surface area contributed by atoms with Gasteiger partial charge in [0, 0.05) is 16.7 Å². The molecule has 0 aliphatic carbocycles. The number of hydrogen-bond acceptors (Lipinski definition) is 3. The van der Waals surface area contributed by atoms with Gasteiger partial charge in [0.25, 0.3) is 0 Å². The predicted octanol–water partition coefficient (Wildman–Crippen LogP) is 3.85. The molecule has 0 amide bonds. The lowest BCUT2D eigenvalue weighted by Gasteiger charge is -2.07. The maximum Gasteiger partial charge on any atom is 0.337 e. The lowest BCUT2D eigenvalue weighted by molar-refractivity contribution is 0.0600. The van der Waals surface area contributed by atoms with Crippen LogP contribution in [-0.4, -0.2) is 13.1 Å². The summed E-state index contributed by atoms with van der Waals surface area (Å²) in [5.41, 5.74) is 2.72. The summed E-state index contributed by atoms with van der Waals surface area (Å²) in [6.07, 6.45) is 0. The Hall–Kier alpha value is -1.81. The third-order valence-electron chi connectivity index (χ3n) is 2.70. The molecular formula is C15H14BrNO2. The second-order valence-corrected chi connectivity index (χ2v) is 4.97. The molecule has 98 valence electrons. The van der Waals surface area contributed by atoms with E-state index in [-0.39, 0.29) is 5.97 Å². The summed E-state index contributed by atoms with van der Waals surface area (Å²) in [5, 5.41) is 3.32. The van der Waals surface area contributed by atoms with Crippen molar-refractivity contribution in [2.45, 2.75) is 6.54 Å². The molecule has 0 bridgehead atoms. The molecular weight excluding hydrogens is 306 g/mol. The third-order valence-corrected chi connectivity index (χ3v) is 3.19. The topological polar surface area (TPSA) is 38.3 Å². The van der Waals surface area contributed by atoms with Crippen molar-refractivity contribution in [2.24, 2.45) is 0 Å². The van der Waals surface area contributed by atoms with Crippen LogP contribution in [0.1, 0.15) is 15.9 Å². The number of benzene rings is 2. The molecule has 0 fully saturated rings. The zero-order valence-corrected chi connectivity index (χ0v) is 12.1. The average molecular weight is 320 g/mol. The molecule has 2 aromatic carbocycles. The highest BCUT2D eigenvalue weighted by Crippen LogP contribution is 2.16. The molecule has 2 rings (SSSR count). The number of anilines is 1. The van der Waals surface area contributed by atoms with E-state index in [2.05, 4.69) is 26.0 Å². The van der Waals surface area contributed by atoms with Crippen molar-refractivity contribution < 1.29 is 9.53 Å². The molecule has 0 saturated carbocycles. The number of hydrogen-bond donors (Lipinski definition) is 1. The lowest BCUT2D eigenvalue weighted by atomic mass is 10.1. The van der Waals surface area contributed by atoms with Gasteiger partial charge in [0.15, 0.2) is 0 Å². The van der Waals surface area contributed by atoms with Crippen molar-refractivity contribution >= 4 is 27.6 Å². The highest BCUT2D eigenvalue weighted by molar-refractivity contribution is 9.10. The summed E-state index contributed by atoms with van der Waals surface area (Å²) in [5.74, 6) is -0.313. The van der Waals surface area contributed by atoms with Gasteiger partial charge >= 0.3 is 5.97 Å². The molecule has 0 atom stereocenters. The van der Waals surface area contributed by atoms with E-state index < -0.39 is 0 Å². The first-order valence-corrected chi connectivity index (χ1v) is 6.65. The van der Waals surface area contributed by atoms with Gasteiger partial charge in [-0.25, -0.2) is 4.79 Å². The van der Waals surface area contributed by atoms with Gasteiger partial charge in [-0.1, -0.05) is 34.1 Å². The predicted molar refractivity (Wildman–Crippen MR) is 79.3 cm³/mol. The van der Waals surface area contributed by atoms with Crippen LogP contribution in [0.15, 0.2) is 53.0 Å². The van der Waals surface area contributed by atoms with E-state index in [1.54, 1.807) is 12.1 Å². The zero-order chi connectivity index (χ0) is 13.7. The Kier molecular flexibility index (Phi) is 4.58. The van der Waals surface area contributed by atoms with Crippen LogP contribution in [0.4, 0.5) is 5.69 Å². The van der Waals surface area contributed by atoms with Gasteiger partial charge in [-0.3, -0.25) is 0 Å². The number of ether oxygens (including phenoxy) is 1. The molecule has 2 aromatic rings. The smallest absolute Gasteiger partial charge is 0.337 e. The molecule has 4 heteroatoms. The van der Waals surface area contributed by atoms with Crippen LogP contribution in [0.3, 0.4) is 0 Å². The number of carbonyl (C=O) groups excluding carboxylic acids is 1. The summed E-state index contributed by atoms with van der Waals surface area (Å²) in [6.45, 7) is 0.706. The van der Waals surface area contributed by atoms with Gasteiger partial charge in [0.05, 0.1) is 12.7 Å². The quantitative estimate of drug-likeness (QED) is 0.870. The van der Waals surface area contributed by atoms with E-state index in [0.29, 0.717) is 12.1 Å². The largest absolute Gasteiger partial charge is 0.465 e. The highest BCUT2D eigenvalue weighted by atomic mass is 79.9. The highest BCUT2D eigenvalue weighted by Gasteiger charge is 2.04. The van der Waals surface area contributed by atoms with Gasteiger partial charge in [0.1, 0.15) is 0 Å². The Morgan fingerprint density at radius 2 is 1.95 bits per heavy atom. The van der Waals surface area contributed by atoms with Crippen LogP contribution < -0.4 is 5.32 Å². The summed E-state index contributed by atoms with van der Waals surface area (Å²) in [6, 6.07) is 15.3. The van der Waals surface area contributed by atoms with Gasteiger partial charge < -0.3 is 10.1 Å². The van der Waals surface area contributed by atoms with Crippen LogP contribution in [0.2, 0.25) is 0 Å². The fraction of sp³-hybridized carbons (Fsp3) is 0.133. The summed E-state index contributed by atoms with van der Waals surface area (Å²) < 4.78 is 5.70. The van der Waals surface area contributed by atoms with E-state index in [0.717, 1.165) is 15.7 Å². The van der Waals surface area contributed by atoms with E-state index in [1.165, 1.54) is 7.11 Å². The van der Waals surface area contributed by atoms with E-state index in [4.69, 9.17) is 0 Å². The minimum atomic E-state index is -0.313. The SMILES string of the molecule is COC(=O)c1ccc(CNc2cccc(Br)c2)cc1. The number of methoxy groups -OCH3 is 1. The molecule has 0 unspecified atom stereocenters. The molecule has 1 N–H and O–H groups in total. The third kappa shape index (κ3) is 3.83. The van der Waals surface area contributed by atoms with E-state index >= 15 is 0 Å². The summed E-state index contributed by atoms with van der Waals surface area (Å²) >= 11 is 3.43. The number of rotatable bonds is 4. The van der Waals surface area contributed by atoms with Crippen molar-refractivity contribution in [1.82, 2.24) is 0 Å². The first kappa shape index (κ1) is 13.6. The number of esters is 1. The fourth-order valence-electron chi connectivity index (χ4n) is 1.68. The normalized spacial score (nSPS) is 10.0. The second kappa shape index (κ2) is 6.38. The standard InChI is InChI=1S/C15H14BrNO2/c1-19-15(18)12-7-5-11(6-8-12)10-17-14-4-2-3-13(16)9-14/h2-9,17H,10H2,1H3. The summed E-state index contributed by atoms with van der Waals surface area (Å²) in [7, 11) is 1.38. The molecule has 0 heterocycles. The average Bonchev–Trinajstić information content (AvgIpc) is 2.45. The maximum atomic E-state index is 11.3. The second-order valence-electron chi connectivity index (χ2n) is 4.05. The number of halogens is 1. The van der Waals surface area contributed by atoms with Gasteiger partial charge in [-0.05, 0) is 35.9 Å². The Morgan fingerprint density at radius 1 is 1.21 bits per heavy atom. The van der Waals surface area contributed by atoms with Crippen molar-refractivity contribution in [3.05, 3.63) is 64.1 Å². The molecule has 0 aliphatic rings. The van der Waals surface area contributed by atoms with Crippen LogP contribution in [-0.2, 0) is 11.3 Å². The van der Waals surface area contributed by atoms with Crippen molar-refractivity contribution in [3.63, 3.8) is 0 Å². The monoisotopic (exact) mass is 319 g/mol. The molecule has 0 aliphatic heterocycles. The Morgan fingerprint density at radius 3 is 2.58 bits per heavy atom.